The lowest BCUT2D eigenvalue weighted by Crippen LogP contribution is -2.32. The van der Waals surface area contributed by atoms with Gasteiger partial charge in [-0.15, -0.1) is 0 Å². The minimum atomic E-state index is -0.953. The zero-order valence-corrected chi connectivity index (χ0v) is 12.3. The van der Waals surface area contributed by atoms with Crippen LogP contribution in [0.5, 0.6) is 17.2 Å². The normalized spacial score (nSPS) is 9.43. The molecule has 0 unspecified atom stereocenters. The van der Waals surface area contributed by atoms with Crippen molar-refractivity contribution < 1.29 is 19.5 Å². The summed E-state index contributed by atoms with van der Waals surface area (Å²) in [7, 11) is 0. The van der Waals surface area contributed by atoms with Gasteiger partial charge in [-0.25, -0.2) is 4.79 Å². The first kappa shape index (κ1) is 16.2. The SMILES string of the molecule is NC(=O)N(O)CC#CCOc1cccc(Oc2ccccc2)c1. The molecular weight excluding hydrogens is 296 g/mol. The number of urea groups is 1. The highest BCUT2D eigenvalue weighted by Crippen LogP contribution is 2.24. The van der Waals surface area contributed by atoms with Gasteiger partial charge in [0.15, 0.2) is 0 Å². The van der Waals surface area contributed by atoms with E-state index in [2.05, 4.69) is 11.8 Å². The Balaban J connectivity index is 1.86. The largest absolute Gasteiger partial charge is 0.481 e. The van der Waals surface area contributed by atoms with Gasteiger partial charge in [0.1, 0.15) is 30.4 Å². The molecule has 2 amide bonds. The molecule has 0 aromatic heterocycles. The molecule has 0 atom stereocenters. The molecule has 0 bridgehead atoms. The number of primary amides is 1. The average Bonchev–Trinajstić information content (AvgIpc) is 2.55. The van der Waals surface area contributed by atoms with Crippen LogP contribution in [0, 0.1) is 11.8 Å². The second-order valence-corrected chi connectivity index (χ2v) is 4.43. The van der Waals surface area contributed by atoms with Crippen LogP contribution >= 0.6 is 0 Å². The van der Waals surface area contributed by atoms with Crippen LogP contribution in [0.15, 0.2) is 54.6 Å². The van der Waals surface area contributed by atoms with Gasteiger partial charge in [0.25, 0.3) is 0 Å². The Kier molecular flexibility index (Phi) is 5.86. The highest BCUT2D eigenvalue weighted by molar-refractivity contribution is 5.70. The minimum Gasteiger partial charge on any atom is -0.481 e. The third-order valence-electron chi connectivity index (χ3n) is 2.70. The van der Waals surface area contributed by atoms with Crippen molar-refractivity contribution in [2.75, 3.05) is 13.2 Å². The molecule has 0 aliphatic heterocycles. The maximum Gasteiger partial charge on any atom is 0.339 e. The van der Waals surface area contributed by atoms with E-state index in [1.165, 1.54) is 0 Å². The molecule has 118 valence electrons. The van der Waals surface area contributed by atoms with E-state index < -0.39 is 6.03 Å². The van der Waals surface area contributed by atoms with Gasteiger partial charge in [-0.2, -0.15) is 5.06 Å². The Labute approximate surface area is 134 Å². The van der Waals surface area contributed by atoms with Crippen LogP contribution in [-0.4, -0.2) is 29.5 Å². The molecule has 0 saturated carbocycles. The molecule has 23 heavy (non-hydrogen) atoms. The number of hydrogen-bond acceptors (Lipinski definition) is 4. The summed E-state index contributed by atoms with van der Waals surface area (Å²) in [5, 5.41) is 9.34. The Morgan fingerprint density at radius 3 is 2.48 bits per heavy atom. The molecule has 3 N–H and O–H groups in total. The fraction of sp³-hybridized carbons (Fsp3) is 0.118. The topological polar surface area (TPSA) is 85.0 Å². The third kappa shape index (κ3) is 5.61. The average molecular weight is 312 g/mol. The molecule has 0 fully saturated rings. The van der Waals surface area contributed by atoms with E-state index in [0.29, 0.717) is 16.6 Å². The summed E-state index contributed by atoms with van der Waals surface area (Å²) in [5.74, 6) is 7.21. The third-order valence-corrected chi connectivity index (χ3v) is 2.70. The first-order valence-corrected chi connectivity index (χ1v) is 6.82. The number of ether oxygens (including phenoxy) is 2. The molecule has 0 heterocycles. The van der Waals surface area contributed by atoms with Crippen LogP contribution in [0.1, 0.15) is 0 Å². The summed E-state index contributed by atoms with van der Waals surface area (Å²) in [6, 6.07) is 15.6. The van der Waals surface area contributed by atoms with E-state index in [-0.39, 0.29) is 13.2 Å². The van der Waals surface area contributed by atoms with Gasteiger partial charge >= 0.3 is 6.03 Å². The van der Waals surface area contributed by atoms with Crippen molar-refractivity contribution in [3.05, 3.63) is 54.6 Å². The Morgan fingerprint density at radius 1 is 1.04 bits per heavy atom. The summed E-state index contributed by atoms with van der Waals surface area (Å²) >= 11 is 0. The van der Waals surface area contributed by atoms with E-state index in [0.717, 1.165) is 5.75 Å². The second-order valence-electron chi connectivity index (χ2n) is 4.43. The van der Waals surface area contributed by atoms with Crippen LogP contribution in [0.2, 0.25) is 0 Å². The predicted molar refractivity (Wildman–Crippen MR) is 84.3 cm³/mol. The highest BCUT2D eigenvalue weighted by atomic mass is 16.5. The first-order chi connectivity index (χ1) is 11.1. The Morgan fingerprint density at radius 2 is 1.74 bits per heavy atom. The fourth-order valence-electron chi connectivity index (χ4n) is 1.63. The zero-order chi connectivity index (χ0) is 16.5. The van der Waals surface area contributed by atoms with Crippen LogP contribution in [0.3, 0.4) is 0 Å². The van der Waals surface area contributed by atoms with Crippen LogP contribution < -0.4 is 15.2 Å². The van der Waals surface area contributed by atoms with E-state index in [9.17, 15) is 4.79 Å². The molecule has 6 heteroatoms. The van der Waals surface area contributed by atoms with E-state index in [1.807, 2.05) is 42.5 Å². The summed E-state index contributed by atoms with van der Waals surface area (Å²) in [6.45, 7) is -0.0583. The summed E-state index contributed by atoms with van der Waals surface area (Å²) < 4.78 is 11.2. The molecule has 2 aromatic rings. The number of nitrogens with zero attached hydrogens (tertiary/aromatic N) is 1. The molecular formula is C17H16N2O4. The van der Waals surface area contributed by atoms with Crippen LogP contribution in [0.25, 0.3) is 0 Å². The molecule has 2 aromatic carbocycles. The first-order valence-electron chi connectivity index (χ1n) is 6.82. The quantitative estimate of drug-likeness (QED) is 0.505. The standard InChI is InChI=1S/C17H16N2O4/c18-17(20)19(21)11-4-5-12-22-15-9-6-10-16(13-15)23-14-7-2-1-3-8-14/h1-3,6-10,13,21H,11-12H2,(H2,18,20). The van der Waals surface area contributed by atoms with Crippen molar-refractivity contribution in [2.45, 2.75) is 0 Å². The van der Waals surface area contributed by atoms with Crippen molar-refractivity contribution in [2.24, 2.45) is 5.73 Å². The number of rotatable bonds is 5. The molecule has 2 rings (SSSR count). The Hall–Kier alpha value is -3.17. The number of para-hydroxylation sites is 1. The summed E-state index contributed by atoms with van der Waals surface area (Å²) in [6.07, 6.45) is 0. The smallest absolute Gasteiger partial charge is 0.339 e. The van der Waals surface area contributed by atoms with Gasteiger partial charge in [-0.1, -0.05) is 36.1 Å². The summed E-state index contributed by atoms with van der Waals surface area (Å²) in [4.78, 5) is 10.6. The maximum atomic E-state index is 10.6. The van der Waals surface area contributed by atoms with Crippen molar-refractivity contribution in [1.29, 1.82) is 0 Å². The fourth-order valence-corrected chi connectivity index (χ4v) is 1.63. The lowest BCUT2D eigenvalue weighted by molar-refractivity contribution is -0.0269. The minimum absolute atomic E-state index is 0.112. The number of nitrogens with two attached hydrogens (primary N) is 1. The second kappa shape index (κ2) is 8.32. The van der Waals surface area contributed by atoms with Crippen molar-refractivity contribution in [1.82, 2.24) is 5.06 Å². The maximum absolute atomic E-state index is 10.6. The van der Waals surface area contributed by atoms with Gasteiger partial charge in [-0.3, -0.25) is 5.21 Å². The monoisotopic (exact) mass is 312 g/mol. The lowest BCUT2D eigenvalue weighted by Gasteiger charge is -2.08. The van der Waals surface area contributed by atoms with E-state index in [4.69, 9.17) is 20.4 Å². The highest BCUT2D eigenvalue weighted by Gasteiger charge is 2.01. The van der Waals surface area contributed by atoms with Gasteiger partial charge in [0.05, 0.1) is 0 Å². The molecule has 0 saturated heterocycles. The van der Waals surface area contributed by atoms with Crippen LogP contribution in [0.4, 0.5) is 4.79 Å². The van der Waals surface area contributed by atoms with Gasteiger partial charge in [0, 0.05) is 6.07 Å². The number of amides is 2. The van der Waals surface area contributed by atoms with Gasteiger partial charge < -0.3 is 15.2 Å². The zero-order valence-electron chi connectivity index (χ0n) is 12.3. The number of hydroxylamine groups is 2. The number of carbonyl (C=O) groups is 1. The number of carbonyl (C=O) groups excluding carboxylic acids is 1. The van der Waals surface area contributed by atoms with Crippen LogP contribution in [-0.2, 0) is 0 Å². The molecule has 0 aliphatic rings. The molecule has 0 aliphatic carbocycles. The molecule has 6 nitrogen and oxygen atoms in total. The molecule has 0 spiro atoms. The molecule has 0 radical (unpaired) electrons. The van der Waals surface area contributed by atoms with Gasteiger partial charge in [-0.05, 0) is 24.3 Å². The number of hydrogen-bond donors (Lipinski definition) is 2. The Bertz CT molecular complexity index is 707. The van der Waals surface area contributed by atoms with Crippen molar-refractivity contribution in [3.8, 4) is 29.1 Å². The van der Waals surface area contributed by atoms with E-state index >= 15 is 0 Å². The van der Waals surface area contributed by atoms with E-state index in [1.54, 1.807) is 12.1 Å². The predicted octanol–water partition coefficient (Wildman–Crippen LogP) is 2.63. The lowest BCUT2D eigenvalue weighted by atomic mass is 10.3. The summed E-state index contributed by atoms with van der Waals surface area (Å²) in [5.41, 5.74) is 4.85. The van der Waals surface area contributed by atoms with Crippen molar-refractivity contribution in [3.63, 3.8) is 0 Å². The van der Waals surface area contributed by atoms with Gasteiger partial charge in [0.2, 0.25) is 0 Å². The van der Waals surface area contributed by atoms with Crippen molar-refractivity contribution >= 4 is 6.03 Å². The number of benzene rings is 2.